The molecule has 2 amide bonds. The third-order valence-corrected chi connectivity index (χ3v) is 7.03. The van der Waals surface area contributed by atoms with Gasteiger partial charge in [-0.1, -0.05) is 31.2 Å². The number of amides is 2. The summed E-state index contributed by atoms with van der Waals surface area (Å²) in [6, 6.07) is 13.4. The Hall–Kier alpha value is -3.52. The molecule has 1 fully saturated rings. The Morgan fingerprint density at radius 1 is 1.15 bits per heavy atom. The topological polar surface area (TPSA) is 66.7 Å². The van der Waals surface area contributed by atoms with Crippen molar-refractivity contribution < 1.29 is 14.0 Å². The zero-order chi connectivity index (χ0) is 23.7. The van der Waals surface area contributed by atoms with Gasteiger partial charge in [-0.05, 0) is 48.6 Å². The zero-order valence-corrected chi connectivity index (χ0v) is 19.6. The average Bonchev–Trinajstić information content (AvgIpc) is 3.40. The summed E-state index contributed by atoms with van der Waals surface area (Å²) in [6.07, 6.45) is 4.03. The number of imidazole rings is 1. The number of nitrogens with one attached hydrogen (secondary N) is 1. The Labute approximate surface area is 201 Å². The summed E-state index contributed by atoms with van der Waals surface area (Å²) in [5.74, 6) is 0.116. The van der Waals surface area contributed by atoms with Crippen molar-refractivity contribution in [2.24, 2.45) is 5.92 Å². The van der Waals surface area contributed by atoms with Crippen LogP contribution in [-0.4, -0.2) is 39.2 Å². The van der Waals surface area contributed by atoms with Crippen LogP contribution in [0.25, 0.3) is 16.2 Å². The van der Waals surface area contributed by atoms with E-state index in [1.54, 1.807) is 18.2 Å². The number of halogens is 1. The van der Waals surface area contributed by atoms with Gasteiger partial charge in [0.05, 0.1) is 12.1 Å². The minimum Gasteiger partial charge on any atom is -0.337 e. The molecule has 4 aromatic rings. The minimum absolute atomic E-state index is 0.0421. The van der Waals surface area contributed by atoms with Crippen molar-refractivity contribution in [2.45, 2.75) is 26.2 Å². The van der Waals surface area contributed by atoms with Crippen LogP contribution >= 0.6 is 11.3 Å². The molecule has 1 saturated heterocycles. The van der Waals surface area contributed by atoms with E-state index in [1.807, 2.05) is 39.1 Å². The van der Waals surface area contributed by atoms with Gasteiger partial charge in [-0.2, -0.15) is 0 Å². The van der Waals surface area contributed by atoms with Crippen molar-refractivity contribution in [3.05, 3.63) is 77.2 Å². The summed E-state index contributed by atoms with van der Waals surface area (Å²) in [7, 11) is 0. The molecule has 0 bridgehead atoms. The van der Waals surface area contributed by atoms with Crippen LogP contribution in [0.2, 0.25) is 0 Å². The number of benzene rings is 2. The molecule has 8 heteroatoms. The van der Waals surface area contributed by atoms with Crippen LogP contribution in [0.1, 0.15) is 35.8 Å². The maximum absolute atomic E-state index is 13.4. The van der Waals surface area contributed by atoms with E-state index in [-0.39, 0.29) is 24.1 Å². The van der Waals surface area contributed by atoms with Gasteiger partial charge in [-0.25, -0.2) is 9.37 Å². The van der Waals surface area contributed by atoms with E-state index in [1.165, 1.54) is 23.5 Å². The molecule has 1 N–H and O–H groups in total. The lowest BCUT2D eigenvalue weighted by molar-refractivity contribution is -0.115. The fourth-order valence-electron chi connectivity index (χ4n) is 4.24. The van der Waals surface area contributed by atoms with Crippen LogP contribution < -0.4 is 5.32 Å². The van der Waals surface area contributed by atoms with E-state index in [2.05, 4.69) is 12.2 Å². The average molecular weight is 477 g/mol. The quantitative estimate of drug-likeness (QED) is 0.428. The number of rotatable bonds is 5. The van der Waals surface area contributed by atoms with Gasteiger partial charge in [0.25, 0.3) is 5.91 Å². The number of piperidine rings is 1. The van der Waals surface area contributed by atoms with Crippen LogP contribution in [0.15, 0.2) is 60.1 Å². The van der Waals surface area contributed by atoms with Gasteiger partial charge in [0.1, 0.15) is 11.5 Å². The van der Waals surface area contributed by atoms with Gasteiger partial charge in [0.15, 0.2) is 4.96 Å². The highest BCUT2D eigenvalue weighted by Gasteiger charge is 2.24. The first-order chi connectivity index (χ1) is 16.5. The predicted molar refractivity (Wildman–Crippen MR) is 132 cm³/mol. The molecule has 3 heterocycles. The van der Waals surface area contributed by atoms with E-state index in [0.717, 1.165) is 42.1 Å². The van der Waals surface area contributed by atoms with Gasteiger partial charge in [0, 0.05) is 35.9 Å². The molecule has 2 aromatic carbocycles. The van der Waals surface area contributed by atoms with Gasteiger partial charge in [-0.3, -0.25) is 14.0 Å². The number of hydrogen-bond donors (Lipinski definition) is 1. The SMILES string of the molecule is CC1CCN(C(=O)c2csc3nc(-c4cccc(NC(=O)Cc5cccc(F)c5)c4)cn23)CC1. The molecule has 5 rings (SSSR count). The molecule has 0 aliphatic carbocycles. The summed E-state index contributed by atoms with van der Waals surface area (Å²) in [6.45, 7) is 3.80. The second kappa shape index (κ2) is 9.38. The van der Waals surface area contributed by atoms with Crippen LogP contribution in [0, 0.1) is 11.7 Å². The van der Waals surface area contributed by atoms with Gasteiger partial charge in [-0.15, -0.1) is 11.3 Å². The molecule has 34 heavy (non-hydrogen) atoms. The molecular formula is C26H25FN4O2S. The maximum atomic E-state index is 13.4. The number of carbonyl (C=O) groups is 2. The molecule has 1 aliphatic heterocycles. The van der Waals surface area contributed by atoms with Crippen molar-refractivity contribution in [3.63, 3.8) is 0 Å². The Kier molecular flexibility index (Phi) is 6.15. The largest absolute Gasteiger partial charge is 0.337 e. The summed E-state index contributed by atoms with van der Waals surface area (Å²) < 4.78 is 15.2. The summed E-state index contributed by atoms with van der Waals surface area (Å²) in [4.78, 5) is 32.9. The predicted octanol–water partition coefficient (Wildman–Crippen LogP) is 5.26. The van der Waals surface area contributed by atoms with Crippen LogP contribution in [0.5, 0.6) is 0 Å². The lowest BCUT2D eigenvalue weighted by atomic mass is 9.99. The number of fused-ring (bicyclic) bond motifs is 1. The molecular weight excluding hydrogens is 451 g/mol. The molecule has 1 aliphatic rings. The number of thiazole rings is 1. The number of anilines is 1. The minimum atomic E-state index is -0.361. The number of carbonyl (C=O) groups excluding carboxylic acids is 2. The second-order valence-electron chi connectivity index (χ2n) is 8.81. The van der Waals surface area contributed by atoms with Crippen molar-refractivity contribution in [3.8, 4) is 11.3 Å². The summed E-state index contributed by atoms with van der Waals surface area (Å²) in [5.41, 5.74) is 3.45. The van der Waals surface area contributed by atoms with Crippen molar-refractivity contribution in [1.82, 2.24) is 14.3 Å². The summed E-state index contributed by atoms with van der Waals surface area (Å²) >= 11 is 1.44. The Bertz CT molecular complexity index is 1350. The first kappa shape index (κ1) is 22.3. The lowest BCUT2D eigenvalue weighted by Gasteiger charge is -2.30. The number of hydrogen-bond acceptors (Lipinski definition) is 4. The van der Waals surface area contributed by atoms with Crippen LogP contribution in [0.3, 0.4) is 0 Å². The lowest BCUT2D eigenvalue weighted by Crippen LogP contribution is -2.38. The third kappa shape index (κ3) is 4.72. The number of aromatic nitrogens is 2. The van der Waals surface area contributed by atoms with Gasteiger partial charge in [0.2, 0.25) is 5.91 Å². The fraction of sp³-hybridized carbons (Fsp3) is 0.269. The van der Waals surface area contributed by atoms with Crippen LogP contribution in [0.4, 0.5) is 10.1 Å². The highest BCUT2D eigenvalue weighted by Crippen LogP contribution is 2.27. The Morgan fingerprint density at radius 2 is 1.94 bits per heavy atom. The smallest absolute Gasteiger partial charge is 0.271 e. The molecule has 0 saturated carbocycles. The maximum Gasteiger partial charge on any atom is 0.271 e. The van der Waals surface area contributed by atoms with Crippen molar-refractivity contribution >= 4 is 33.8 Å². The molecule has 6 nitrogen and oxygen atoms in total. The van der Waals surface area contributed by atoms with Crippen LogP contribution in [-0.2, 0) is 11.2 Å². The van der Waals surface area contributed by atoms with E-state index in [0.29, 0.717) is 22.9 Å². The zero-order valence-electron chi connectivity index (χ0n) is 18.8. The monoisotopic (exact) mass is 476 g/mol. The first-order valence-electron chi connectivity index (χ1n) is 11.4. The van der Waals surface area contributed by atoms with E-state index in [9.17, 15) is 14.0 Å². The first-order valence-corrected chi connectivity index (χ1v) is 12.2. The Morgan fingerprint density at radius 3 is 2.74 bits per heavy atom. The summed E-state index contributed by atoms with van der Waals surface area (Å²) in [5, 5.41) is 4.74. The normalized spacial score (nSPS) is 14.5. The fourth-order valence-corrected chi connectivity index (χ4v) is 5.09. The van der Waals surface area contributed by atoms with E-state index >= 15 is 0 Å². The second-order valence-corrected chi connectivity index (χ2v) is 9.65. The molecule has 2 aromatic heterocycles. The highest BCUT2D eigenvalue weighted by molar-refractivity contribution is 7.15. The number of nitrogens with zero attached hydrogens (tertiary/aromatic N) is 3. The van der Waals surface area contributed by atoms with E-state index in [4.69, 9.17) is 4.98 Å². The van der Waals surface area contributed by atoms with Crippen molar-refractivity contribution in [2.75, 3.05) is 18.4 Å². The third-order valence-electron chi connectivity index (χ3n) is 6.19. The molecule has 0 radical (unpaired) electrons. The highest BCUT2D eigenvalue weighted by atomic mass is 32.1. The van der Waals surface area contributed by atoms with E-state index < -0.39 is 0 Å². The standard InChI is InChI=1S/C26H25FN4O2S/c1-17-8-10-30(11-9-17)25(33)23-16-34-26-29-22(15-31(23)26)19-5-3-7-21(14-19)28-24(32)13-18-4-2-6-20(27)12-18/h2-7,12,14-17H,8-11,13H2,1H3,(H,28,32). The van der Waals surface area contributed by atoms with Gasteiger partial charge >= 0.3 is 0 Å². The Balaban J connectivity index is 1.33. The molecule has 0 atom stereocenters. The molecule has 0 spiro atoms. The van der Waals surface area contributed by atoms with Crippen molar-refractivity contribution in [1.29, 1.82) is 0 Å². The van der Waals surface area contributed by atoms with Gasteiger partial charge < -0.3 is 10.2 Å². The number of likely N-dealkylation sites (tertiary alicyclic amines) is 1. The molecule has 174 valence electrons. The molecule has 0 unspecified atom stereocenters.